The van der Waals surface area contributed by atoms with Crippen LogP contribution in [0, 0.1) is 11.8 Å². The topological polar surface area (TPSA) is 12.0 Å². The van der Waals surface area contributed by atoms with Gasteiger partial charge in [0.15, 0.2) is 0 Å². The van der Waals surface area contributed by atoms with E-state index in [4.69, 9.17) is 0 Å². The third kappa shape index (κ3) is 5.52. The van der Waals surface area contributed by atoms with E-state index in [1.807, 2.05) is 0 Å². The molecule has 0 unspecified atom stereocenters. The maximum atomic E-state index is 3.90. The lowest BCUT2D eigenvalue weighted by Crippen LogP contribution is -2.41. The van der Waals surface area contributed by atoms with Gasteiger partial charge in [-0.2, -0.15) is 11.8 Å². The largest absolute Gasteiger partial charge is 0.313 e. The van der Waals surface area contributed by atoms with Crippen molar-refractivity contribution in [3.05, 3.63) is 0 Å². The summed E-state index contributed by atoms with van der Waals surface area (Å²) in [5.41, 5.74) is 0. The fraction of sp³-hybridized carbons (Fsp3) is 1.00. The molecule has 0 aromatic rings. The van der Waals surface area contributed by atoms with E-state index in [1.54, 1.807) is 0 Å². The first-order chi connectivity index (χ1) is 8.47. The summed E-state index contributed by atoms with van der Waals surface area (Å²) in [7, 11) is 0. The van der Waals surface area contributed by atoms with Gasteiger partial charge in [0.2, 0.25) is 0 Å². The van der Waals surface area contributed by atoms with Crippen LogP contribution in [-0.2, 0) is 0 Å². The first-order valence-electron chi connectivity index (χ1n) is 7.76. The van der Waals surface area contributed by atoms with Crippen molar-refractivity contribution in [2.75, 3.05) is 12.8 Å². The summed E-state index contributed by atoms with van der Waals surface area (Å²) >= 11 is 2.10. The van der Waals surface area contributed by atoms with Crippen LogP contribution in [0.25, 0.3) is 0 Å². The van der Waals surface area contributed by atoms with Gasteiger partial charge in [-0.05, 0) is 43.8 Å². The summed E-state index contributed by atoms with van der Waals surface area (Å²) in [6.45, 7) is 10.6. The standard InChI is InChI=1S/C16H33NS/c1-13(2)10-15(11-14(3)4)17-12-16(18-5)8-6-7-9-16/h13-15,17H,6-12H2,1-5H3. The zero-order chi connectivity index (χ0) is 13.6. The Hall–Kier alpha value is 0.310. The Morgan fingerprint density at radius 2 is 1.50 bits per heavy atom. The van der Waals surface area contributed by atoms with Crippen molar-refractivity contribution >= 4 is 11.8 Å². The minimum absolute atomic E-state index is 0.548. The average Bonchev–Trinajstić information content (AvgIpc) is 2.74. The molecular weight excluding hydrogens is 238 g/mol. The van der Waals surface area contributed by atoms with Crippen molar-refractivity contribution in [1.29, 1.82) is 0 Å². The highest BCUT2D eigenvalue weighted by Crippen LogP contribution is 2.39. The minimum Gasteiger partial charge on any atom is -0.313 e. The van der Waals surface area contributed by atoms with E-state index in [1.165, 1.54) is 45.1 Å². The molecule has 0 aromatic carbocycles. The number of nitrogens with one attached hydrogen (secondary N) is 1. The predicted octanol–water partition coefficient (Wildman–Crippen LogP) is 4.71. The Labute approximate surface area is 119 Å². The molecule has 1 fully saturated rings. The fourth-order valence-electron chi connectivity index (χ4n) is 3.20. The highest BCUT2D eigenvalue weighted by atomic mass is 32.2. The molecule has 0 aliphatic heterocycles. The first-order valence-corrected chi connectivity index (χ1v) is 8.98. The molecule has 0 amide bonds. The Bertz CT molecular complexity index is 209. The molecule has 0 saturated heterocycles. The van der Waals surface area contributed by atoms with Crippen LogP contribution in [0.3, 0.4) is 0 Å². The van der Waals surface area contributed by atoms with E-state index in [-0.39, 0.29) is 0 Å². The van der Waals surface area contributed by atoms with Gasteiger partial charge in [-0.3, -0.25) is 0 Å². The second-order valence-electron chi connectivity index (χ2n) is 6.93. The van der Waals surface area contributed by atoms with Crippen LogP contribution < -0.4 is 5.32 Å². The second kappa shape index (κ2) is 7.79. The Balaban J connectivity index is 2.44. The quantitative estimate of drug-likeness (QED) is 0.686. The molecule has 1 aliphatic rings. The molecule has 2 heteroatoms. The van der Waals surface area contributed by atoms with Gasteiger partial charge in [-0.25, -0.2) is 0 Å². The van der Waals surface area contributed by atoms with Crippen molar-refractivity contribution in [2.45, 2.75) is 77.0 Å². The van der Waals surface area contributed by atoms with Crippen LogP contribution in [0.2, 0.25) is 0 Å². The molecule has 0 aromatic heterocycles. The third-order valence-corrected chi connectivity index (χ3v) is 5.59. The smallest absolute Gasteiger partial charge is 0.0281 e. The highest BCUT2D eigenvalue weighted by Gasteiger charge is 2.33. The van der Waals surface area contributed by atoms with Crippen LogP contribution in [-0.4, -0.2) is 23.6 Å². The van der Waals surface area contributed by atoms with Crippen molar-refractivity contribution in [3.63, 3.8) is 0 Å². The van der Waals surface area contributed by atoms with Crippen LogP contribution in [0.1, 0.15) is 66.2 Å². The van der Waals surface area contributed by atoms with Crippen LogP contribution >= 0.6 is 11.8 Å². The molecule has 108 valence electrons. The Morgan fingerprint density at radius 3 is 1.89 bits per heavy atom. The zero-order valence-corrected chi connectivity index (χ0v) is 13.9. The summed E-state index contributed by atoms with van der Waals surface area (Å²) in [6, 6.07) is 0.717. The summed E-state index contributed by atoms with van der Waals surface area (Å²) < 4.78 is 0.548. The number of rotatable bonds is 8. The summed E-state index contributed by atoms with van der Waals surface area (Å²) in [4.78, 5) is 0. The lowest BCUT2D eigenvalue weighted by Gasteiger charge is -2.31. The van der Waals surface area contributed by atoms with Crippen molar-refractivity contribution < 1.29 is 0 Å². The average molecular weight is 272 g/mol. The van der Waals surface area contributed by atoms with Gasteiger partial charge in [0.1, 0.15) is 0 Å². The lowest BCUT2D eigenvalue weighted by atomic mass is 9.95. The predicted molar refractivity (Wildman–Crippen MR) is 85.4 cm³/mol. The maximum absolute atomic E-state index is 3.90. The van der Waals surface area contributed by atoms with Gasteiger partial charge < -0.3 is 5.32 Å². The molecule has 0 atom stereocenters. The van der Waals surface area contributed by atoms with E-state index in [0.717, 1.165) is 17.9 Å². The summed E-state index contributed by atoms with van der Waals surface area (Å²) in [6.07, 6.45) is 10.6. The highest BCUT2D eigenvalue weighted by molar-refractivity contribution is 8.00. The van der Waals surface area contributed by atoms with Crippen molar-refractivity contribution in [3.8, 4) is 0 Å². The molecule has 1 N–H and O–H groups in total. The fourth-order valence-corrected chi connectivity index (χ4v) is 4.13. The van der Waals surface area contributed by atoms with Crippen LogP contribution in [0.5, 0.6) is 0 Å². The minimum atomic E-state index is 0.548. The number of hydrogen-bond donors (Lipinski definition) is 1. The zero-order valence-electron chi connectivity index (χ0n) is 13.1. The van der Waals surface area contributed by atoms with Gasteiger partial charge in [0.05, 0.1) is 0 Å². The summed E-state index contributed by atoms with van der Waals surface area (Å²) in [5.74, 6) is 1.60. The van der Waals surface area contributed by atoms with Gasteiger partial charge in [-0.1, -0.05) is 40.5 Å². The second-order valence-corrected chi connectivity index (χ2v) is 8.21. The van der Waals surface area contributed by atoms with E-state index in [2.05, 4.69) is 51.0 Å². The Kier molecular flexibility index (Phi) is 7.08. The van der Waals surface area contributed by atoms with Gasteiger partial charge in [0.25, 0.3) is 0 Å². The lowest BCUT2D eigenvalue weighted by molar-refractivity contribution is 0.345. The SMILES string of the molecule is CSC1(CNC(CC(C)C)CC(C)C)CCCC1. The molecule has 0 spiro atoms. The molecule has 1 saturated carbocycles. The first kappa shape index (κ1) is 16.4. The molecule has 0 radical (unpaired) electrons. The van der Waals surface area contributed by atoms with E-state index in [9.17, 15) is 0 Å². The molecule has 1 rings (SSSR count). The van der Waals surface area contributed by atoms with Gasteiger partial charge >= 0.3 is 0 Å². The molecule has 0 bridgehead atoms. The van der Waals surface area contributed by atoms with Crippen LogP contribution in [0.4, 0.5) is 0 Å². The van der Waals surface area contributed by atoms with Crippen LogP contribution in [0.15, 0.2) is 0 Å². The third-order valence-electron chi connectivity index (χ3n) is 4.17. The maximum Gasteiger partial charge on any atom is 0.0281 e. The van der Waals surface area contributed by atoms with Gasteiger partial charge in [-0.15, -0.1) is 0 Å². The Morgan fingerprint density at radius 1 is 1.00 bits per heavy atom. The normalized spacial score (nSPS) is 19.3. The summed E-state index contributed by atoms with van der Waals surface area (Å²) in [5, 5.41) is 3.90. The van der Waals surface area contributed by atoms with Gasteiger partial charge in [0, 0.05) is 17.3 Å². The van der Waals surface area contributed by atoms with Crippen molar-refractivity contribution in [2.24, 2.45) is 11.8 Å². The van der Waals surface area contributed by atoms with Crippen molar-refractivity contribution in [1.82, 2.24) is 5.32 Å². The van der Waals surface area contributed by atoms with E-state index < -0.39 is 0 Å². The molecular formula is C16H33NS. The number of thioether (sulfide) groups is 1. The number of hydrogen-bond acceptors (Lipinski definition) is 2. The molecule has 0 heterocycles. The van der Waals surface area contributed by atoms with E-state index >= 15 is 0 Å². The molecule has 1 aliphatic carbocycles. The molecule has 18 heavy (non-hydrogen) atoms. The monoisotopic (exact) mass is 271 g/mol. The molecule has 1 nitrogen and oxygen atoms in total. The van der Waals surface area contributed by atoms with E-state index in [0.29, 0.717) is 4.75 Å².